The molecule has 2 aromatic rings. The van der Waals surface area contributed by atoms with Crippen molar-refractivity contribution in [3.8, 4) is 0 Å². The van der Waals surface area contributed by atoms with Gasteiger partial charge in [0.25, 0.3) is 5.91 Å². The Bertz CT molecular complexity index is 960. The Balaban J connectivity index is 1.82. The molecule has 0 aliphatic carbocycles. The molecule has 180 valence electrons. The SMILES string of the molecule is CC(C)(C)c1cc(C(=O)NC[C@@H]2CNCCO[C@H]2c2ccc(Cl)c(Cl)c2)cc(C(C)(C)C)c1. The topological polar surface area (TPSA) is 50.4 Å². The molecule has 1 heterocycles. The van der Waals surface area contributed by atoms with E-state index in [9.17, 15) is 4.79 Å². The molecule has 33 heavy (non-hydrogen) atoms. The Morgan fingerprint density at radius 2 is 1.64 bits per heavy atom. The highest BCUT2D eigenvalue weighted by Crippen LogP contribution is 2.33. The molecular formula is C27H36Cl2N2O2. The van der Waals surface area contributed by atoms with Crippen LogP contribution in [0.2, 0.25) is 10.0 Å². The van der Waals surface area contributed by atoms with Gasteiger partial charge in [-0.1, -0.05) is 76.9 Å². The molecule has 0 spiro atoms. The average molecular weight is 492 g/mol. The monoisotopic (exact) mass is 490 g/mol. The second kappa shape index (κ2) is 10.4. The van der Waals surface area contributed by atoms with Gasteiger partial charge in [-0.15, -0.1) is 0 Å². The fraction of sp³-hybridized carbons (Fsp3) is 0.519. The molecule has 0 bridgehead atoms. The van der Waals surface area contributed by atoms with Gasteiger partial charge in [0, 0.05) is 31.1 Å². The van der Waals surface area contributed by atoms with Gasteiger partial charge >= 0.3 is 0 Å². The summed E-state index contributed by atoms with van der Waals surface area (Å²) in [4.78, 5) is 13.3. The van der Waals surface area contributed by atoms with E-state index in [0.29, 0.717) is 28.8 Å². The second-order valence-electron chi connectivity index (χ2n) is 10.9. The van der Waals surface area contributed by atoms with E-state index < -0.39 is 0 Å². The minimum atomic E-state index is -0.180. The van der Waals surface area contributed by atoms with Gasteiger partial charge in [-0.05, 0) is 51.8 Å². The molecule has 1 amide bonds. The normalized spacial score (nSPS) is 19.8. The Kier molecular flexibility index (Phi) is 8.16. The molecule has 1 saturated heterocycles. The lowest BCUT2D eigenvalue weighted by molar-refractivity contribution is 0.0306. The summed E-state index contributed by atoms with van der Waals surface area (Å²) in [6, 6.07) is 11.9. The van der Waals surface area contributed by atoms with Crippen LogP contribution in [0.25, 0.3) is 0 Å². The summed E-state index contributed by atoms with van der Waals surface area (Å²) in [5.41, 5.74) is 3.89. The lowest BCUT2D eigenvalue weighted by Crippen LogP contribution is -2.36. The molecule has 2 atom stereocenters. The van der Waals surface area contributed by atoms with Gasteiger partial charge in [0.05, 0.1) is 22.8 Å². The third-order valence-corrected chi connectivity index (χ3v) is 6.87. The third-order valence-electron chi connectivity index (χ3n) is 6.14. The summed E-state index contributed by atoms with van der Waals surface area (Å²) in [5.74, 6) is -0.00897. The number of ether oxygens (including phenoxy) is 1. The molecule has 1 aliphatic rings. The number of rotatable bonds is 4. The zero-order chi connectivity index (χ0) is 24.4. The van der Waals surface area contributed by atoms with E-state index in [1.165, 1.54) is 0 Å². The molecule has 2 N–H and O–H groups in total. The van der Waals surface area contributed by atoms with Crippen molar-refractivity contribution in [3.05, 3.63) is 68.7 Å². The number of nitrogens with one attached hydrogen (secondary N) is 2. The number of hydrogen-bond acceptors (Lipinski definition) is 3. The number of amides is 1. The van der Waals surface area contributed by atoms with Gasteiger partial charge in [-0.25, -0.2) is 0 Å². The van der Waals surface area contributed by atoms with Gasteiger partial charge in [-0.3, -0.25) is 4.79 Å². The van der Waals surface area contributed by atoms with Crippen molar-refractivity contribution < 1.29 is 9.53 Å². The van der Waals surface area contributed by atoms with E-state index in [-0.39, 0.29) is 28.8 Å². The summed E-state index contributed by atoms with van der Waals surface area (Å²) in [6.45, 7) is 15.6. The fourth-order valence-electron chi connectivity index (χ4n) is 3.98. The van der Waals surface area contributed by atoms with Crippen LogP contribution in [0.3, 0.4) is 0 Å². The summed E-state index contributed by atoms with van der Waals surface area (Å²) >= 11 is 12.4. The number of carbonyl (C=O) groups excluding carboxylic acids is 1. The maximum Gasteiger partial charge on any atom is 0.251 e. The van der Waals surface area contributed by atoms with E-state index in [4.69, 9.17) is 27.9 Å². The first-order valence-corrected chi connectivity index (χ1v) is 12.3. The fourth-order valence-corrected chi connectivity index (χ4v) is 4.28. The van der Waals surface area contributed by atoms with Crippen LogP contribution in [-0.4, -0.2) is 32.1 Å². The van der Waals surface area contributed by atoms with E-state index in [0.717, 1.165) is 29.8 Å². The molecule has 3 rings (SSSR count). The van der Waals surface area contributed by atoms with Crippen molar-refractivity contribution in [2.75, 3.05) is 26.2 Å². The van der Waals surface area contributed by atoms with Crippen LogP contribution in [-0.2, 0) is 15.6 Å². The zero-order valence-corrected chi connectivity index (χ0v) is 22.0. The first kappa shape index (κ1) is 26.0. The molecule has 4 nitrogen and oxygen atoms in total. The smallest absolute Gasteiger partial charge is 0.251 e. The number of carbonyl (C=O) groups is 1. The number of halogens is 2. The van der Waals surface area contributed by atoms with Gasteiger partial charge in [-0.2, -0.15) is 0 Å². The maximum atomic E-state index is 13.3. The van der Waals surface area contributed by atoms with Crippen molar-refractivity contribution in [2.45, 2.75) is 58.5 Å². The van der Waals surface area contributed by atoms with Gasteiger partial charge < -0.3 is 15.4 Å². The molecule has 2 aromatic carbocycles. The highest BCUT2D eigenvalue weighted by molar-refractivity contribution is 6.42. The van der Waals surface area contributed by atoms with Crippen molar-refractivity contribution in [1.82, 2.24) is 10.6 Å². The minimum Gasteiger partial charge on any atom is -0.372 e. The van der Waals surface area contributed by atoms with E-state index in [1.807, 2.05) is 24.3 Å². The summed E-state index contributed by atoms with van der Waals surface area (Å²) in [7, 11) is 0. The molecular weight excluding hydrogens is 455 g/mol. The molecule has 0 aromatic heterocycles. The van der Waals surface area contributed by atoms with Crippen molar-refractivity contribution in [1.29, 1.82) is 0 Å². The largest absolute Gasteiger partial charge is 0.372 e. The lowest BCUT2D eigenvalue weighted by Gasteiger charge is -2.27. The Labute approximate surface area is 208 Å². The van der Waals surface area contributed by atoms with Gasteiger partial charge in [0.2, 0.25) is 0 Å². The van der Waals surface area contributed by atoms with Gasteiger partial charge in [0.15, 0.2) is 0 Å². The average Bonchev–Trinajstić information content (AvgIpc) is 2.98. The standard InChI is InChI=1S/C27H36Cl2N2O2/c1-26(2,3)20-11-18(12-21(14-20)27(4,5)6)25(32)31-16-19-15-30-9-10-33-24(19)17-7-8-22(28)23(29)13-17/h7-8,11-14,19,24,30H,9-10,15-16H2,1-6H3,(H,31,32)/t19-,24-/m0/s1. The molecule has 1 fully saturated rings. The first-order valence-electron chi connectivity index (χ1n) is 11.6. The van der Waals surface area contributed by atoms with Crippen LogP contribution in [0.5, 0.6) is 0 Å². The highest BCUT2D eigenvalue weighted by Gasteiger charge is 2.28. The maximum absolute atomic E-state index is 13.3. The molecule has 1 aliphatic heterocycles. The Morgan fingerprint density at radius 3 is 2.21 bits per heavy atom. The molecule has 0 unspecified atom stereocenters. The van der Waals surface area contributed by atoms with Crippen LogP contribution < -0.4 is 10.6 Å². The Hall–Kier alpha value is -1.59. The predicted molar refractivity (Wildman–Crippen MR) is 138 cm³/mol. The predicted octanol–water partition coefficient (Wildman–Crippen LogP) is 6.30. The van der Waals surface area contributed by atoms with Crippen molar-refractivity contribution >= 4 is 29.1 Å². The van der Waals surface area contributed by atoms with Crippen molar-refractivity contribution in [2.24, 2.45) is 5.92 Å². The first-order chi connectivity index (χ1) is 15.4. The van der Waals surface area contributed by atoms with E-state index >= 15 is 0 Å². The summed E-state index contributed by atoms with van der Waals surface area (Å²) in [5, 5.41) is 7.60. The molecule has 0 radical (unpaired) electrons. The zero-order valence-electron chi connectivity index (χ0n) is 20.5. The molecule has 6 heteroatoms. The summed E-state index contributed by atoms with van der Waals surface area (Å²) in [6.07, 6.45) is -0.180. The van der Waals surface area contributed by atoms with Crippen LogP contribution in [0.4, 0.5) is 0 Å². The quantitative estimate of drug-likeness (QED) is 0.528. The second-order valence-corrected chi connectivity index (χ2v) is 11.8. The highest BCUT2D eigenvalue weighted by atomic mass is 35.5. The minimum absolute atomic E-state index is 0.0473. The van der Waals surface area contributed by atoms with Crippen molar-refractivity contribution in [3.63, 3.8) is 0 Å². The lowest BCUT2D eigenvalue weighted by atomic mass is 9.79. The number of benzene rings is 2. The van der Waals surface area contributed by atoms with E-state index in [2.05, 4.69) is 58.2 Å². The number of hydrogen-bond donors (Lipinski definition) is 2. The Morgan fingerprint density at radius 1 is 1.00 bits per heavy atom. The van der Waals surface area contributed by atoms with Crippen LogP contribution in [0.15, 0.2) is 36.4 Å². The third kappa shape index (κ3) is 6.73. The van der Waals surface area contributed by atoms with Crippen LogP contribution in [0, 0.1) is 5.92 Å². The summed E-state index contributed by atoms with van der Waals surface area (Å²) < 4.78 is 6.15. The van der Waals surface area contributed by atoms with E-state index in [1.54, 1.807) is 6.07 Å². The van der Waals surface area contributed by atoms with Crippen LogP contribution >= 0.6 is 23.2 Å². The van der Waals surface area contributed by atoms with Crippen LogP contribution in [0.1, 0.15) is 74.7 Å². The molecule has 0 saturated carbocycles. The van der Waals surface area contributed by atoms with Gasteiger partial charge in [0.1, 0.15) is 0 Å².